The predicted octanol–water partition coefficient (Wildman–Crippen LogP) is 3.98. The van der Waals surface area contributed by atoms with Crippen LogP contribution in [0.3, 0.4) is 0 Å². The van der Waals surface area contributed by atoms with Gasteiger partial charge in [0, 0.05) is 10.5 Å². The van der Waals surface area contributed by atoms with E-state index < -0.39 is 0 Å². The molecule has 0 aromatic heterocycles. The molecule has 0 fully saturated rings. The first-order valence-electron chi connectivity index (χ1n) is 5.12. The molecule has 1 aromatic carbocycles. The molecule has 1 N–H and O–H groups in total. The molecule has 0 bridgehead atoms. The van der Waals surface area contributed by atoms with Gasteiger partial charge in [-0.05, 0) is 50.6 Å². The van der Waals surface area contributed by atoms with Gasteiger partial charge in [-0.2, -0.15) is 0 Å². The van der Waals surface area contributed by atoms with Crippen molar-refractivity contribution in [1.29, 1.82) is 0 Å². The fraction of sp³-hybridized carbons (Fsp3) is 0.385. The zero-order valence-corrected chi connectivity index (χ0v) is 11.2. The third kappa shape index (κ3) is 3.47. The molecule has 1 nitrogen and oxygen atoms in total. The summed E-state index contributed by atoms with van der Waals surface area (Å²) in [5.41, 5.74) is 3.87. The van der Waals surface area contributed by atoms with Crippen LogP contribution >= 0.6 is 15.9 Å². The molecule has 0 amide bonds. The van der Waals surface area contributed by atoms with Crippen molar-refractivity contribution in [3.8, 4) is 0 Å². The zero-order valence-electron chi connectivity index (χ0n) is 9.60. The molecule has 0 saturated carbocycles. The molecule has 82 valence electrons. The molecule has 1 rings (SSSR count). The van der Waals surface area contributed by atoms with Gasteiger partial charge in [-0.3, -0.25) is 0 Å². The van der Waals surface area contributed by atoms with E-state index in [9.17, 15) is 0 Å². The molecular formula is C13H18BrN. The van der Waals surface area contributed by atoms with Gasteiger partial charge in [0.15, 0.2) is 0 Å². The lowest BCUT2D eigenvalue weighted by molar-refractivity contribution is 0.587. The Morgan fingerprint density at radius 2 is 2.20 bits per heavy atom. The number of hydrogen-bond acceptors (Lipinski definition) is 1. The first-order chi connectivity index (χ1) is 7.04. The maximum Gasteiger partial charge on any atom is 0.0357 e. The first-order valence-corrected chi connectivity index (χ1v) is 5.91. The molecule has 0 aliphatic rings. The second-order valence-electron chi connectivity index (χ2n) is 4.00. The van der Waals surface area contributed by atoms with Crippen LogP contribution in [-0.4, -0.2) is 7.05 Å². The van der Waals surface area contributed by atoms with Gasteiger partial charge in [-0.25, -0.2) is 0 Å². The second-order valence-corrected chi connectivity index (χ2v) is 4.92. The van der Waals surface area contributed by atoms with Crippen molar-refractivity contribution in [2.75, 3.05) is 7.05 Å². The Morgan fingerprint density at radius 3 is 2.67 bits per heavy atom. The third-order valence-corrected chi connectivity index (χ3v) is 3.00. The Morgan fingerprint density at radius 1 is 1.53 bits per heavy atom. The van der Waals surface area contributed by atoms with Crippen LogP contribution in [0, 0.1) is 6.92 Å². The third-order valence-electron chi connectivity index (χ3n) is 2.51. The SMILES string of the molecule is C=C(C)CC(NC)c1ccc(Br)cc1C. The Bertz CT molecular complexity index is 358. The minimum absolute atomic E-state index is 0.371. The highest BCUT2D eigenvalue weighted by atomic mass is 79.9. The van der Waals surface area contributed by atoms with Crippen LogP contribution in [0.2, 0.25) is 0 Å². The molecule has 0 spiro atoms. The molecule has 0 saturated heterocycles. The molecule has 1 atom stereocenters. The number of hydrogen-bond donors (Lipinski definition) is 1. The highest BCUT2D eigenvalue weighted by Gasteiger charge is 2.11. The van der Waals surface area contributed by atoms with Gasteiger partial charge >= 0.3 is 0 Å². The number of aryl methyl sites for hydroxylation is 1. The summed E-state index contributed by atoms with van der Waals surface area (Å²) in [6.07, 6.45) is 0.985. The summed E-state index contributed by atoms with van der Waals surface area (Å²) in [4.78, 5) is 0. The van der Waals surface area contributed by atoms with Crippen LogP contribution in [-0.2, 0) is 0 Å². The van der Waals surface area contributed by atoms with Crippen LogP contribution < -0.4 is 5.32 Å². The van der Waals surface area contributed by atoms with Gasteiger partial charge in [0.25, 0.3) is 0 Å². The van der Waals surface area contributed by atoms with E-state index in [0.29, 0.717) is 6.04 Å². The summed E-state index contributed by atoms with van der Waals surface area (Å²) >= 11 is 3.48. The largest absolute Gasteiger partial charge is 0.313 e. The van der Waals surface area contributed by atoms with Crippen LogP contribution in [0.4, 0.5) is 0 Å². The van der Waals surface area contributed by atoms with Crippen LogP contribution in [0.5, 0.6) is 0 Å². The van der Waals surface area contributed by atoms with Crippen molar-refractivity contribution in [3.63, 3.8) is 0 Å². The maximum absolute atomic E-state index is 3.97. The summed E-state index contributed by atoms with van der Waals surface area (Å²) in [6, 6.07) is 6.78. The standard InChI is InChI=1S/C13H18BrN/c1-9(2)7-13(15-4)12-6-5-11(14)8-10(12)3/h5-6,8,13,15H,1,7H2,2-4H3. The van der Waals surface area contributed by atoms with E-state index in [-0.39, 0.29) is 0 Å². The number of benzene rings is 1. The molecule has 2 heteroatoms. The van der Waals surface area contributed by atoms with Gasteiger partial charge in [-0.15, -0.1) is 6.58 Å². The maximum atomic E-state index is 3.97. The molecule has 0 heterocycles. The average molecular weight is 268 g/mol. The van der Waals surface area contributed by atoms with Crippen molar-refractivity contribution < 1.29 is 0 Å². The van der Waals surface area contributed by atoms with E-state index in [0.717, 1.165) is 10.9 Å². The molecule has 1 aromatic rings. The van der Waals surface area contributed by atoms with Crippen LogP contribution in [0.25, 0.3) is 0 Å². The van der Waals surface area contributed by atoms with Gasteiger partial charge < -0.3 is 5.32 Å². The van der Waals surface area contributed by atoms with Gasteiger partial charge in [0.2, 0.25) is 0 Å². The summed E-state index contributed by atoms with van der Waals surface area (Å²) in [5.74, 6) is 0. The molecule has 15 heavy (non-hydrogen) atoms. The quantitative estimate of drug-likeness (QED) is 0.814. The molecular weight excluding hydrogens is 250 g/mol. The normalized spacial score (nSPS) is 12.5. The minimum atomic E-state index is 0.371. The monoisotopic (exact) mass is 267 g/mol. The first kappa shape index (κ1) is 12.5. The van der Waals surface area contributed by atoms with E-state index in [4.69, 9.17) is 0 Å². The van der Waals surface area contributed by atoms with Crippen molar-refractivity contribution in [3.05, 3.63) is 46.0 Å². The smallest absolute Gasteiger partial charge is 0.0357 e. The minimum Gasteiger partial charge on any atom is -0.313 e. The number of rotatable bonds is 4. The number of nitrogens with one attached hydrogen (secondary N) is 1. The Labute approximate surface area is 101 Å². The fourth-order valence-electron chi connectivity index (χ4n) is 1.75. The Kier molecular flexibility index (Phi) is 4.55. The predicted molar refractivity (Wildman–Crippen MR) is 70.1 cm³/mol. The highest BCUT2D eigenvalue weighted by Crippen LogP contribution is 2.25. The van der Waals surface area contributed by atoms with Crippen LogP contribution in [0.15, 0.2) is 34.8 Å². The Balaban J connectivity index is 2.96. The second kappa shape index (κ2) is 5.47. The van der Waals surface area contributed by atoms with Crippen molar-refractivity contribution in [2.24, 2.45) is 0 Å². The van der Waals surface area contributed by atoms with E-state index in [2.05, 4.69) is 59.9 Å². The Hall–Kier alpha value is -0.600. The van der Waals surface area contributed by atoms with Gasteiger partial charge in [0.1, 0.15) is 0 Å². The summed E-state index contributed by atoms with van der Waals surface area (Å²) < 4.78 is 1.13. The summed E-state index contributed by atoms with van der Waals surface area (Å²) in [7, 11) is 2.00. The van der Waals surface area contributed by atoms with E-state index in [1.165, 1.54) is 16.7 Å². The lowest BCUT2D eigenvalue weighted by Gasteiger charge is -2.19. The molecule has 0 aliphatic carbocycles. The molecule has 0 radical (unpaired) electrons. The molecule has 1 unspecified atom stereocenters. The van der Waals surface area contributed by atoms with Crippen LogP contribution in [0.1, 0.15) is 30.5 Å². The lowest BCUT2D eigenvalue weighted by atomic mass is 9.96. The van der Waals surface area contributed by atoms with Gasteiger partial charge in [-0.1, -0.05) is 27.6 Å². The topological polar surface area (TPSA) is 12.0 Å². The highest BCUT2D eigenvalue weighted by molar-refractivity contribution is 9.10. The van der Waals surface area contributed by atoms with Crippen molar-refractivity contribution in [1.82, 2.24) is 5.32 Å². The summed E-state index contributed by atoms with van der Waals surface area (Å²) in [5, 5.41) is 3.33. The number of halogens is 1. The van der Waals surface area contributed by atoms with Crippen molar-refractivity contribution >= 4 is 15.9 Å². The van der Waals surface area contributed by atoms with Crippen molar-refractivity contribution in [2.45, 2.75) is 26.3 Å². The fourth-order valence-corrected chi connectivity index (χ4v) is 2.22. The summed E-state index contributed by atoms with van der Waals surface area (Å²) in [6.45, 7) is 8.18. The van der Waals surface area contributed by atoms with E-state index >= 15 is 0 Å². The molecule has 0 aliphatic heterocycles. The van der Waals surface area contributed by atoms with E-state index in [1.54, 1.807) is 0 Å². The zero-order chi connectivity index (χ0) is 11.4. The van der Waals surface area contributed by atoms with Gasteiger partial charge in [0.05, 0.1) is 0 Å². The average Bonchev–Trinajstić information content (AvgIpc) is 2.14. The van der Waals surface area contributed by atoms with E-state index in [1.807, 2.05) is 7.05 Å². The lowest BCUT2D eigenvalue weighted by Crippen LogP contribution is -2.17.